The predicted octanol–water partition coefficient (Wildman–Crippen LogP) is 4.97. The molecule has 1 aliphatic heterocycles. The quantitative estimate of drug-likeness (QED) is 0.439. The highest BCUT2D eigenvalue weighted by atomic mass is 35.5. The van der Waals surface area contributed by atoms with E-state index in [0.29, 0.717) is 21.6 Å². The van der Waals surface area contributed by atoms with E-state index in [1.54, 1.807) is 12.3 Å². The lowest BCUT2D eigenvalue weighted by Crippen LogP contribution is -2.44. The van der Waals surface area contributed by atoms with Crippen molar-refractivity contribution in [3.63, 3.8) is 0 Å². The van der Waals surface area contributed by atoms with Crippen LogP contribution >= 0.6 is 46.3 Å². The Balaban J connectivity index is 1.20. The first-order valence-electron chi connectivity index (χ1n) is 10.2. The standard InChI is InChI=1S/C22H23Cl2N5OS2/c23-17-2-1-14(9-18(17)24)11-29-7-4-16(5-8-29)27-21(30)13-32-22-28-19(12-31-22)15-3-6-26-20(25)10-15/h1-3,6,9-10,12,16H,4-5,7-8,11,13H2,(H2,25,26)(H,27,30). The minimum absolute atomic E-state index is 0.0443. The molecule has 0 atom stereocenters. The van der Waals surface area contributed by atoms with E-state index >= 15 is 0 Å². The third-order valence-electron chi connectivity index (χ3n) is 5.23. The van der Waals surface area contributed by atoms with Gasteiger partial charge in [-0.15, -0.1) is 11.3 Å². The zero-order chi connectivity index (χ0) is 22.5. The number of amides is 1. The van der Waals surface area contributed by atoms with E-state index in [-0.39, 0.29) is 11.9 Å². The smallest absolute Gasteiger partial charge is 0.230 e. The van der Waals surface area contributed by atoms with Gasteiger partial charge in [0.25, 0.3) is 0 Å². The van der Waals surface area contributed by atoms with Gasteiger partial charge >= 0.3 is 0 Å². The van der Waals surface area contributed by atoms with E-state index in [4.69, 9.17) is 28.9 Å². The fourth-order valence-corrected chi connectivity index (χ4v) is 5.56. The van der Waals surface area contributed by atoms with Crippen LogP contribution in [0.3, 0.4) is 0 Å². The van der Waals surface area contributed by atoms with Crippen molar-refractivity contribution in [2.45, 2.75) is 29.8 Å². The molecule has 0 spiro atoms. The molecule has 3 aromatic rings. The van der Waals surface area contributed by atoms with Crippen molar-refractivity contribution in [2.24, 2.45) is 0 Å². The maximum atomic E-state index is 12.4. The molecule has 0 bridgehead atoms. The largest absolute Gasteiger partial charge is 0.384 e. The number of thioether (sulfide) groups is 1. The molecule has 0 unspecified atom stereocenters. The number of nitrogen functional groups attached to an aromatic ring is 1. The summed E-state index contributed by atoms with van der Waals surface area (Å²) in [6.07, 6.45) is 3.53. The Labute approximate surface area is 205 Å². The van der Waals surface area contributed by atoms with Crippen LogP contribution in [-0.2, 0) is 11.3 Å². The average molecular weight is 509 g/mol. The normalized spacial score (nSPS) is 15.1. The van der Waals surface area contributed by atoms with E-state index in [1.165, 1.54) is 23.1 Å². The van der Waals surface area contributed by atoms with E-state index in [0.717, 1.165) is 53.6 Å². The van der Waals surface area contributed by atoms with Gasteiger partial charge in [-0.25, -0.2) is 9.97 Å². The molecule has 1 aliphatic rings. The summed E-state index contributed by atoms with van der Waals surface area (Å²) in [5.74, 6) is 0.865. The second kappa shape index (κ2) is 10.9. The third-order valence-corrected chi connectivity index (χ3v) is 7.99. The number of nitrogens with zero attached hydrogens (tertiary/aromatic N) is 3. The summed E-state index contributed by atoms with van der Waals surface area (Å²) in [5, 5.41) is 6.29. The van der Waals surface area contributed by atoms with Crippen LogP contribution in [0.15, 0.2) is 46.2 Å². The molecule has 0 saturated carbocycles. The van der Waals surface area contributed by atoms with Crippen LogP contribution in [0.4, 0.5) is 5.82 Å². The number of thiazole rings is 1. The summed E-state index contributed by atoms with van der Waals surface area (Å²) in [4.78, 5) is 23.4. The minimum Gasteiger partial charge on any atom is -0.384 e. The molecule has 168 valence electrons. The van der Waals surface area contributed by atoms with Crippen LogP contribution in [-0.4, -0.2) is 45.7 Å². The van der Waals surface area contributed by atoms with Gasteiger partial charge in [0.1, 0.15) is 5.82 Å². The molecule has 32 heavy (non-hydrogen) atoms. The van der Waals surface area contributed by atoms with Crippen molar-refractivity contribution < 1.29 is 4.79 Å². The van der Waals surface area contributed by atoms with Gasteiger partial charge < -0.3 is 11.1 Å². The molecule has 1 fully saturated rings. The highest BCUT2D eigenvalue weighted by Gasteiger charge is 2.21. The second-order valence-corrected chi connectivity index (χ2v) is 10.5. The zero-order valence-corrected chi connectivity index (χ0v) is 20.4. The SMILES string of the molecule is Nc1cc(-c2csc(SCC(=O)NC3CCN(Cc4ccc(Cl)c(Cl)c4)CC3)n2)ccn1. The molecule has 1 aromatic carbocycles. The monoisotopic (exact) mass is 507 g/mol. The Hall–Kier alpha value is -1.84. The molecular weight excluding hydrogens is 485 g/mol. The second-order valence-electron chi connectivity index (χ2n) is 7.62. The number of hydrogen-bond donors (Lipinski definition) is 2. The molecule has 0 aliphatic carbocycles. The molecule has 4 rings (SSSR count). The number of piperidine rings is 1. The van der Waals surface area contributed by atoms with Gasteiger partial charge in [-0.1, -0.05) is 41.0 Å². The first-order valence-corrected chi connectivity index (χ1v) is 12.8. The van der Waals surface area contributed by atoms with Gasteiger partial charge in [-0.2, -0.15) is 0 Å². The Bertz CT molecular complexity index is 1090. The van der Waals surface area contributed by atoms with Gasteiger partial charge in [0.05, 0.1) is 21.5 Å². The highest BCUT2D eigenvalue weighted by molar-refractivity contribution is 8.01. The number of nitrogens with two attached hydrogens (primary N) is 1. The van der Waals surface area contributed by atoms with Crippen LogP contribution in [0.1, 0.15) is 18.4 Å². The summed E-state index contributed by atoms with van der Waals surface area (Å²) >= 11 is 15.1. The van der Waals surface area contributed by atoms with Crippen LogP contribution < -0.4 is 11.1 Å². The van der Waals surface area contributed by atoms with Gasteiger partial charge in [0, 0.05) is 42.8 Å². The highest BCUT2D eigenvalue weighted by Crippen LogP contribution is 2.29. The lowest BCUT2D eigenvalue weighted by atomic mass is 10.0. The number of aromatic nitrogens is 2. The van der Waals surface area contributed by atoms with Crippen molar-refractivity contribution in [3.8, 4) is 11.3 Å². The summed E-state index contributed by atoms with van der Waals surface area (Å²) in [5.41, 5.74) is 8.67. The van der Waals surface area contributed by atoms with E-state index in [1.807, 2.05) is 29.6 Å². The van der Waals surface area contributed by atoms with Gasteiger partial charge in [-0.05, 0) is 42.7 Å². The fraction of sp³-hybridized carbons (Fsp3) is 0.318. The van der Waals surface area contributed by atoms with E-state index in [2.05, 4.69) is 20.2 Å². The Kier molecular flexibility index (Phi) is 7.91. The molecule has 2 aromatic heterocycles. The molecule has 6 nitrogen and oxygen atoms in total. The van der Waals surface area contributed by atoms with Crippen molar-refractivity contribution in [3.05, 3.63) is 57.5 Å². The number of likely N-dealkylation sites (tertiary alicyclic amines) is 1. The topological polar surface area (TPSA) is 84.1 Å². The van der Waals surface area contributed by atoms with Crippen molar-refractivity contribution in [1.29, 1.82) is 0 Å². The van der Waals surface area contributed by atoms with Crippen molar-refractivity contribution in [1.82, 2.24) is 20.2 Å². The number of rotatable bonds is 7. The maximum Gasteiger partial charge on any atom is 0.230 e. The number of pyridine rings is 1. The third kappa shape index (κ3) is 6.36. The Morgan fingerprint density at radius 1 is 1.22 bits per heavy atom. The molecule has 1 amide bonds. The van der Waals surface area contributed by atoms with Gasteiger partial charge in [0.15, 0.2) is 4.34 Å². The summed E-state index contributed by atoms with van der Waals surface area (Å²) in [6.45, 7) is 2.70. The number of nitrogens with one attached hydrogen (secondary N) is 1. The Morgan fingerprint density at radius 2 is 2.03 bits per heavy atom. The summed E-state index contributed by atoms with van der Waals surface area (Å²) in [7, 11) is 0. The summed E-state index contributed by atoms with van der Waals surface area (Å²) < 4.78 is 0.863. The van der Waals surface area contributed by atoms with Crippen LogP contribution in [0.2, 0.25) is 10.0 Å². The number of halogens is 2. The average Bonchev–Trinajstić information content (AvgIpc) is 3.26. The molecule has 1 saturated heterocycles. The fourth-order valence-electron chi connectivity index (χ4n) is 3.59. The zero-order valence-electron chi connectivity index (χ0n) is 17.3. The first-order chi connectivity index (χ1) is 15.5. The van der Waals surface area contributed by atoms with Gasteiger partial charge in [0.2, 0.25) is 5.91 Å². The summed E-state index contributed by atoms with van der Waals surface area (Å²) in [6, 6.07) is 9.64. The minimum atomic E-state index is 0.0443. The van der Waals surface area contributed by atoms with Crippen molar-refractivity contribution in [2.75, 3.05) is 24.6 Å². The lowest BCUT2D eigenvalue weighted by Gasteiger charge is -2.32. The van der Waals surface area contributed by atoms with E-state index in [9.17, 15) is 4.79 Å². The molecular formula is C22H23Cl2N5OS2. The van der Waals surface area contributed by atoms with Crippen LogP contribution in [0.5, 0.6) is 0 Å². The number of carbonyl (C=O) groups is 1. The number of anilines is 1. The Morgan fingerprint density at radius 3 is 2.78 bits per heavy atom. The number of benzene rings is 1. The molecule has 3 N–H and O–H groups in total. The van der Waals surface area contributed by atoms with E-state index < -0.39 is 0 Å². The maximum absolute atomic E-state index is 12.4. The lowest BCUT2D eigenvalue weighted by molar-refractivity contribution is -0.119. The van der Waals surface area contributed by atoms with Crippen LogP contribution in [0.25, 0.3) is 11.3 Å². The number of carbonyl (C=O) groups excluding carboxylic acids is 1. The molecule has 3 heterocycles. The van der Waals surface area contributed by atoms with Crippen molar-refractivity contribution >= 4 is 58.0 Å². The predicted molar refractivity (Wildman–Crippen MR) is 133 cm³/mol. The molecule has 10 heteroatoms. The van der Waals surface area contributed by atoms with Crippen LogP contribution in [0, 0.1) is 0 Å². The molecule has 0 radical (unpaired) electrons. The number of hydrogen-bond acceptors (Lipinski definition) is 7. The first kappa shape index (κ1) is 23.3. The van der Waals surface area contributed by atoms with Gasteiger partial charge in [-0.3, -0.25) is 9.69 Å².